The van der Waals surface area contributed by atoms with E-state index in [0.29, 0.717) is 0 Å². The highest BCUT2D eigenvalue weighted by Crippen LogP contribution is 2.36. The van der Waals surface area contributed by atoms with Crippen molar-refractivity contribution in [3.05, 3.63) is 15.0 Å². The highest BCUT2D eigenvalue weighted by molar-refractivity contribution is 9.13. The zero-order valence-corrected chi connectivity index (χ0v) is 15.2. The molecule has 98 valence electrons. The molecule has 1 aromatic rings. The summed E-state index contributed by atoms with van der Waals surface area (Å²) in [4.78, 5) is 7.51. The Labute approximate surface area is 121 Å². The number of nitrogens with one attached hydrogen (secondary N) is 1. The van der Waals surface area contributed by atoms with Gasteiger partial charge in [0.1, 0.15) is 15.0 Å². The van der Waals surface area contributed by atoms with Gasteiger partial charge in [0.05, 0.1) is 0 Å². The zero-order chi connectivity index (χ0) is 13.3. The maximum absolute atomic E-state index is 6.10. The molecule has 1 heterocycles. The molecule has 3 nitrogen and oxygen atoms in total. The monoisotopic (exact) mass is 382 g/mol. The summed E-state index contributed by atoms with van der Waals surface area (Å²) in [6, 6.07) is 0. The van der Waals surface area contributed by atoms with Crippen LogP contribution in [-0.2, 0) is 10.8 Å². The molecule has 0 unspecified atom stereocenters. The first-order valence-corrected chi connectivity index (χ1v) is 10.2. The lowest BCUT2D eigenvalue weighted by molar-refractivity contribution is 0.289. The average molecular weight is 384 g/mol. The largest absolute Gasteiger partial charge is 0.416 e. The summed E-state index contributed by atoms with van der Waals surface area (Å²) in [5, 5.41) is 0.261. The third-order valence-corrected chi connectivity index (χ3v) is 9.49. The number of halogens is 2. The average Bonchev–Trinajstić information content (AvgIpc) is 2.44. The summed E-state index contributed by atoms with van der Waals surface area (Å²) < 4.78 is 7.80. The molecule has 1 N–H and O–H groups in total. The SMILES string of the molecule is CC(C)(C)[Si](C)(C)OCCc1nc(Br)c(Br)[nH]1. The lowest BCUT2D eigenvalue weighted by Crippen LogP contribution is -2.41. The molecular weight excluding hydrogens is 364 g/mol. The molecule has 0 spiro atoms. The van der Waals surface area contributed by atoms with Gasteiger partial charge in [0, 0.05) is 13.0 Å². The second-order valence-electron chi connectivity index (χ2n) is 5.65. The number of rotatable bonds is 4. The normalized spacial score (nSPS) is 13.1. The van der Waals surface area contributed by atoms with Gasteiger partial charge in [-0.15, -0.1) is 0 Å². The van der Waals surface area contributed by atoms with E-state index in [4.69, 9.17) is 4.43 Å². The van der Waals surface area contributed by atoms with Gasteiger partial charge < -0.3 is 9.41 Å². The van der Waals surface area contributed by atoms with Crippen LogP contribution in [0, 0.1) is 0 Å². The first-order chi connectivity index (χ1) is 7.63. The Bertz CT molecular complexity index is 366. The summed E-state index contributed by atoms with van der Waals surface area (Å²) in [5.41, 5.74) is 0. The molecule has 0 saturated carbocycles. The van der Waals surface area contributed by atoms with Gasteiger partial charge in [-0.3, -0.25) is 0 Å². The van der Waals surface area contributed by atoms with Crippen LogP contribution in [0.15, 0.2) is 9.21 Å². The first kappa shape index (κ1) is 15.4. The van der Waals surface area contributed by atoms with Crippen LogP contribution in [-0.4, -0.2) is 24.9 Å². The fraction of sp³-hybridized carbons (Fsp3) is 0.727. The fourth-order valence-corrected chi connectivity index (χ4v) is 2.79. The molecule has 0 aliphatic heterocycles. The minimum Gasteiger partial charge on any atom is -0.416 e. The lowest BCUT2D eigenvalue weighted by atomic mass is 10.2. The zero-order valence-electron chi connectivity index (χ0n) is 11.0. The van der Waals surface area contributed by atoms with Crippen LogP contribution in [0.2, 0.25) is 18.1 Å². The van der Waals surface area contributed by atoms with Crippen molar-refractivity contribution in [1.82, 2.24) is 9.97 Å². The van der Waals surface area contributed by atoms with Gasteiger partial charge in [-0.05, 0) is 50.0 Å². The van der Waals surface area contributed by atoms with E-state index in [-0.39, 0.29) is 5.04 Å². The molecule has 0 saturated heterocycles. The summed E-state index contributed by atoms with van der Waals surface area (Å²) in [6.07, 6.45) is 0.816. The predicted molar refractivity (Wildman–Crippen MR) is 80.8 cm³/mol. The third kappa shape index (κ3) is 4.19. The van der Waals surface area contributed by atoms with Crippen molar-refractivity contribution in [2.24, 2.45) is 0 Å². The maximum Gasteiger partial charge on any atom is 0.191 e. The Hall–Kier alpha value is 0.347. The van der Waals surface area contributed by atoms with E-state index in [0.717, 1.165) is 28.1 Å². The number of aromatic nitrogens is 2. The number of imidazole rings is 1. The van der Waals surface area contributed by atoms with Gasteiger partial charge in [0.15, 0.2) is 8.32 Å². The van der Waals surface area contributed by atoms with Crippen LogP contribution in [0.25, 0.3) is 0 Å². The topological polar surface area (TPSA) is 37.9 Å². The molecule has 0 radical (unpaired) electrons. The summed E-state index contributed by atoms with van der Waals surface area (Å²) in [6.45, 7) is 12.0. The van der Waals surface area contributed by atoms with Crippen LogP contribution >= 0.6 is 31.9 Å². The molecule has 6 heteroatoms. The molecular formula is C11H20Br2N2OSi. The summed E-state index contributed by atoms with van der Waals surface area (Å²) >= 11 is 6.74. The second-order valence-corrected chi connectivity index (χ2v) is 12.0. The minimum absolute atomic E-state index is 0.261. The van der Waals surface area contributed by atoms with Gasteiger partial charge >= 0.3 is 0 Å². The first-order valence-electron chi connectivity index (χ1n) is 5.67. The van der Waals surface area contributed by atoms with Crippen LogP contribution < -0.4 is 0 Å². The molecule has 0 aliphatic carbocycles. The van der Waals surface area contributed by atoms with Crippen LogP contribution in [0.5, 0.6) is 0 Å². The van der Waals surface area contributed by atoms with Crippen molar-refractivity contribution < 1.29 is 4.43 Å². The fourth-order valence-electron chi connectivity index (χ4n) is 1.11. The van der Waals surface area contributed by atoms with E-state index < -0.39 is 8.32 Å². The van der Waals surface area contributed by atoms with Crippen molar-refractivity contribution in [2.75, 3.05) is 6.61 Å². The van der Waals surface area contributed by atoms with Crippen molar-refractivity contribution in [1.29, 1.82) is 0 Å². The second kappa shape index (κ2) is 5.55. The lowest BCUT2D eigenvalue weighted by Gasteiger charge is -2.36. The molecule has 0 aromatic carbocycles. The van der Waals surface area contributed by atoms with E-state index in [2.05, 4.69) is 75.7 Å². The molecule has 0 amide bonds. The molecule has 0 atom stereocenters. The van der Waals surface area contributed by atoms with Crippen LogP contribution in [0.4, 0.5) is 0 Å². The van der Waals surface area contributed by atoms with Gasteiger partial charge in [-0.2, -0.15) is 0 Å². The van der Waals surface area contributed by atoms with Crippen LogP contribution in [0.1, 0.15) is 26.6 Å². The van der Waals surface area contributed by atoms with Crippen LogP contribution in [0.3, 0.4) is 0 Å². The number of aromatic amines is 1. The van der Waals surface area contributed by atoms with Crippen molar-refractivity contribution in [3.8, 4) is 0 Å². The highest BCUT2D eigenvalue weighted by atomic mass is 79.9. The Morgan fingerprint density at radius 1 is 1.29 bits per heavy atom. The van der Waals surface area contributed by atoms with Gasteiger partial charge in [-0.1, -0.05) is 20.8 Å². The molecule has 0 fully saturated rings. The van der Waals surface area contributed by atoms with E-state index in [1.807, 2.05) is 0 Å². The van der Waals surface area contributed by atoms with E-state index in [1.165, 1.54) is 0 Å². The quantitative estimate of drug-likeness (QED) is 0.777. The standard InChI is InChI=1S/C11H20Br2N2OSi/c1-11(2,3)17(4,5)16-7-6-8-14-9(12)10(13)15-8/h6-7H2,1-5H3,(H,14,15). The van der Waals surface area contributed by atoms with Gasteiger partial charge in [0.25, 0.3) is 0 Å². The Kier molecular flexibility index (Phi) is 5.03. The molecule has 0 bridgehead atoms. The van der Waals surface area contributed by atoms with Crippen molar-refractivity contribution in [2.45, 2.75) is 45.3 Å². The van der Waals surface area contributed by atoms with E-state index in [9.17, 15) is 0 Å². The summed E-state index contributed by atoms with van der Waals surface area (Å²) in [7, 11) is -1.63. The number of hydrogen-bond acceptors (Lipinski definition) is 2. The van der Waals surface area contributed by atoms with E-state index >= 15 is 0 Å². The molecule has 1 aromatic heterocycles. The van der Waals surface area contributed by atoms with Crippen molar-refractivity contribution in [3.63, 3.8) is 0 Å². The smallest absolute Gasteiger partial charge is 0.191 e. The molecule has 1 rings (SSSR count). The highest BCUT2D eigenvalue weighted by Gasteiger charge is 2.36. The minimum atomic E-state index is -1.63. The maximum atomic E-state index is 6.10. The number of hydrogen-bond donors (Lipinski definition) is 1. The number of H-pyrrole nitrogens is 1. The van der Waals surface area contributed by atoms with Gasteiger partial charge in [0.2, 0.25) is 0 Å². The summed E-state index contributed by atoms with van der Waals surface area (Å²) in [5.74, 6) is 0.947. The predicted octanol–water partition coefficient (Wildman–Crippen LogP) is 4.50. The van der Waals surface area contributed by atoms with Gasteiger partial charge in [-0.25, -0.2) is 4.98 Å². The Balaban J connectivity index is 2.48. The van der Waals surface area contributed by atoms with E-state index in [1.54, 1.807) is 0 Å². The Morgan fingerprint density at radius 2 is 1.88 bits per heavy atom. The Morgan fingerprint density at radius 3 is 2.29 bits per heavy atom. The molecule has 0 aliphatic rings. The number of nitrogens with zero attached hydrogens (tertiary/aromatic N) is 1. The third-order valence-electron chi connectivity index (χ3n) is 3.28. The van der Waals surface area contributed by atoms with Crippen molar-refractivity contribution >= 4 is 40.2 Å². The molecule has 17 heavy (non-hydrogen) atoms.